The number of aromatic amines is 1. The number of H-pyrrole nitrogens is 1. The van der Waals surface area contributed by atoms with Crippen LogP contribution in [0.15, 0.2) is 72.0 Å². The van der Waals surface area contributed by atoms with Crippen LogP contribution in [0.5, 0.6) is 0 Å². The molecule has 0 saturated carbocycles. The lowest BCUT2D eigenvalue weighted by Crippen LogP contribution is -2.20. The summed E-state index contributed by atoms with van der Waals surface area (Å²) >= 11 is 0. The zero-order chi connectivity index (χ0) is 23.7. The lowest BCUT2D eigenvalue weighted by Gasteiger charge is -2.07. The number of aromatic nitrogens is 1. The summed E-state index contributed by atoms with van der Waals surface area (Å²) in [6.45, 7) is 17.6. The fraction of sp³-hybridized carbons (Fsp3) is 0.269. The minimum absolute atomic E-state index is 0.148. The molecule has 1 heterocycles. The molecule has 2 rings (SSSR count). The van der Waals surface area contributed by atoms with Crippen LogP contribution in [-0.2, 0) is 4.79 Å². The number of fused-ring (bicyclic) bond motifs is 1. The molecule has 1 aromatic heterocycles. The highest BCUT2D eigenvalue weighted by molar-refractivity contribution is 6.04. The van der Waals surface area contributed by atoms with Crippen molar-refractivity contribution < 1.29 is 4.79 Å². The number of carbonyl (C=O) groups is 1. The van der Waals surface area contributed by atoms with Crippen LogP contribution in [0.3, 0.4) is 0 Å². The Hall–Kier alpha value is -3.45. The van der Waals surface area contributed by atoms with E-state index in [0.717, 1.165) is 27.7 Å². The first-order valence-electron chi connectivity index (χ1n) is 10.1. The van der Waals surface area contributed by atoms with Crippen LogP contribution in [0.2, 0.25) is 0 Å². The van der Waals surface area contributed by atoms with Gasteiger partial charge in [0.1, 0.15) is 0 Å². The van der Waals surface area contributed by atoms with E-state index in [1.165, 1.54) is 0 Å². The van der Waals surface area contributed by atoms with E-state index in [4.69, 9.17) is 5.73 Å². The van der Waals surface area contributed by atoms with Crippen molar-refractivity contribution in [2.75, 3.05) is 5.32 Å². The molecule has 4 N–H and O–H groups in total. The van der Waals surface area contributed by atoms with E-state index < -0.39 is 0 Å². The molecule has 0 radical (unpaired) electrons. The first-order valence-corrected chi connectivity index (χ1v) is 10.1. The van der Waals surface area contributed by atoms with Gasteiger partial charge >= 0.3 is 0 Å². The van der Waals surface area contributed by atoms with E-state index in [2.05, 4.69) is 29.7 Å². The second kappa shape index (κ2) is 16.5. The summed E-state index contributed by atoms with van der Waals surface area (Å²) in [6, 6.07) is 7.73. The number of benzene rings is 1. The Balaban J connectivity index is 0. The van der Waals surface area contributed by atoms with Gasteiger partial charge in [0.2, 0.25) is 0 Å². The van der Waals surface area contributed by atoms with Crippen molar-refractivity contribution in [3.05, 3.63) is 77.7 Å². The summed E-state index contributed by atoms with van der Waals surface area (Å²) in [5, 5.41) is 3.88. The van der Waals surface area contributed by atoms with Gasteiger partial charge in [0, 0.05) is 22.3 Å². The van der Waals surface area contributed by atoms with E-state index in [1.54, 1.807) is 12.2 Å². The smallest absolute Gasteiger partial charge is 0.271 e. The Bertz CT molecular complexity index is 909. The van der Waals surface area contributed by atoms with Gasteiger partial charge in [0.05, 0.1) is 5.70 Å². The summed E-state index contributed by atoms with van der Waals surface area (Å²) in [7, 11) is 0. The second-order valence-corrected chi connectivity index (χ2v) is 5.65. The van der Waals surface area contributed by atoms with Crippen molar-refractivity contribution in [2.24, 2.45) is 5.73 Å². The van der Waals surface area contributed by atoms with Crippen LogP contribution in [0.1, 0.15) is 47.2 Å². The molecule has 0 unspecified atom stereocenters. The number of nitrogens with two attached hydrogens (primary N) is 1. The lowest BCUT2D eigenvalue weighted by atomic mass is 10.1. The van der Waals surface area contributed by atoms with E-state index in [9.17, 15) is 4.79 Å². The maximum atomic E-state index is 12.3. The average Bonchev–Trinajstić information content (AvgIpc) is 3.16. The molecule has 162 valence electrons. The Morgan fingerprint density at radius 1 is 1.17 bits per heavy atom. The molecule has 0 aliphatic heterocycles. The summed E-state index contributed by atoms with van der Waals surface area (Å²) in [6.07, 6.45) is 15.2. The predicted molar refractivity (Wildman–Crippen MR) is 134 cm³/mol. The fourth-order valence-electron chi connectivity index (χ4n) is 2.38. The van der Waals surface area contributed by atoms with Gasteiger partial charge in [0.25, 0.3) is 5.91 Å². The Morgan fingerprint density at radius 2 is 1.77 bits per heavy atom. The molecule has 4 nitrogen and oxygen atoms in total. The van der Waals surface area contributed by atoms with Crippen molar-refractivity contribution in [1.29, 1.82) is 0 Å². The Kier molecular flexibility index (Phi) is 15.8. The number of terminal acetylenes is 1. The van der Waals surface area contributed by atoms with Crippen LogP contribution in [0, 0.1) is 19.8 Å². The Morgan fingerprint density at radius 3 is 2.30 bits per heavy atom. The van der Waals surface area contributed by atoms with Gasteiger partial charge in [-0.3, -0.25) is 4.79 Å². The van der Waals surface area contributed by atoms with E-state index in [0.29, 0.717) is 5.69 Å². The van der Waals surface area contributed by atoms with Crippen molar-refractivity contribution in [1.82, 2.24) is 4.98 Å². The molecular formula is C26H37N3O. The first-order chi connectivity index (χ1) is 14.4. The van der Waals surface area contributed by atoms with Crippen LogP contribution in [0.25, 0.3) is 10.9 Å². The molecule has 0 aliphatic rings. The number of nitrogens with one attached hydrogen (secondary N) is 2. The zero-order valence-electron chi connectivity index (χ0n) is 19.5. The number of aryl methyl sites for hydroxylation is 1. The molecule has 0 aliphatic carbocycles. The van der Waals surface area contributed by atoms with E-state index >= 15 is 0 Å². The van der Waals surface area contributed by atoms with Gasteiger partial charge in [-0.1, -0.05) is 52.5 Å². The SMILES string of the molecule is C#C.C=C/C(C)=C(\C=C/C)/C=C(\N)C(=O)Nc1ccc2[nH]c(C)cc2c1.CC.CC. The highest BCUT2D eigenvalue weighted by atomic mass is 16.2. The summed E-state index contributed by atoms with van der Waals surface area (Å²) < 4.78 is 0. The van der Waals surface area contributed by atoms with Crippen LogP contribution < -0.4 is 11.1 Å². The van der Waals surface area contributed by atoms with Gasteiger partial charge in [-0.05, 0) is 62.3 Å². The third-order valence-corrected chi connectivity index (χ3v) is 3.69. The molecule has 0 atom stereocenters. The molecule has 0 spiro atoms. The molecule has 0 saturated heterocycles. The van der Waals surface area contributed by atoms with Crippen LogP contribution in [-0.4, -0.2) is 10.9 Å². The molecule has 30 heavy (non-hydrogen) atoms. The Labute approximate surface area is 182 Å². The number of anilines is 1. The number of hydrogen-bond donors (Lipinski definition) is 3. The number of rotatable bonds is 5. The number of amides is 1. The van der Waals surface area contributed by atoms with E-state index in [1.807, 2.05) is 84.9 Å². The van der Waals surface area contributed by atoms with Crippen molar-refractivity contribution in [3.8, 4) is 12.8 Å². The second-order valence-electron chi connectivity index (χ2n) is 5.65. The van der Waals surface area contributed by atoms with Gasteiger partial charge in [0.15, 0.2) is 0 Å². The minimum atomic E-state index is -0.333. The molecule has 1 amide bonds. The molecule has 1 aromatic carbocycles. The number of allylic oxidation sites excluding steroid dienone is 6. The fourth-order valence-corrected chi connectivity index (χ4v) is 2.38. The highest BCUT2D eigenvalue weighted by Gasteiger charge is 2.08. The van der Waals surface area contributed by atoms with Crippen molar-refractivity contribution >= 4 is 22.5 Å². The lowest BCUT2D eigenvalue weighted by molar-refractivity contribution is -0.112. The largest absolute Gasteiger partial charge is 0.394 e. The van der Waals surface area contributed by atoms with Crippen LogP contribution >= 0.6 is 0 Å². The standard InChI is InChI=1S/C20H23N3O.2C2H6.C2H2/c1-5-7-15(13(3)6-2)12-18(21)20(24)23-17-8-9-19-16(11-17)10-14(4)22-19;3*1-2/h5-12,22H,2,21H2,1,3-4H3,(H,23,24);2*1-2H3;1-2H/b7-5-,15-13+,18-12-;;;. The van der Waals surface area contributed by atoms with Gasteiger partial charge in [-0.2, -0.15) is 0 Å². The molecule has 4 heteroatoms. The first kappa shape index (κ1) is 28.8. The number of carbonyl (C=O) groups excluding carboxylic acids is 1. The van der Waals surface area contributed by atoms with Crippen LogP contribution in [0.4, 0.5) is 5.69 Å². The van der Waals surface area contributed by atoms with Gasteiger partial charge in [-0.25, -0.2) is 0 Å². The molecular weight excluding hydrogens is 370 g/mol. The summed E-state index contributed by atoms with van der Waals surface area (Å²) in [5.74, 6) is -0.333. The quantitative estimate of drug-likeness (QED) is 0.295. The third-order valence-electron chi connectivity index (χ3n) is 3.69. The highest BCUT2D eigenvalue weighted by Crippen LogP contribution is 2.20. The van der Waals surface area contributed by atoms with E-state index in [-0.39, 0.29) is 11.6 Å². The molecule has 0 fully saturated rings. The summed E-state index contributed by atoms with van der Waals surface area (Å²) in [5.41, 5.74) is 10.7. The zero-order valence-corrected chi connectivity index (χ0v) is 19.5. The summed E-state index contributed by atoms with van der Waals surface area (Å²) in [4.78, 5) is 15.6. The maximum Gasteiger partial charge on any atom is 0.271 e. The maximum absolute atomic E-state index is 12.3. The van der Waals surface area contributed by atoms with Crippen molar-refractivity contribution in [3.63, 3.8) is 0 Å². The molecule has 0 bridgehead atoms. The normalized spacial score (nSPS) is 11.0. The average molecular weight is 408 g/mol. The van der Waals surface area contributed by atoms with Gasteiger partial charge in [-0.15, -0.1) is 12.8 Å². The minimum Gasteiger partial charge on any atom is -0.394 e. The third kappa shape index (κ3) is 9.16. The molecule has 2 aromatic rings. The predicted octanol–water partition coefficient (Wildman–Crippen LogP) is 6.64. The number of hydrogen-bond acceptors (Lipinski definition) is 2. The topological polar surface area (TPSA) is 70.9 Å². The van der Waals surface area contributed by atoms with Gasteiger partial charge < -0.3 is 16.0 Å². The van der Waals surface area contributed by atoms with Crippen molar-refractivity contribution in [2.45, 2.75) is 48.5 Å². The monoisotopic (exact) mass is 407 g/mol.